The largest absolute Gasteiger partial charge is 0.296 e. The van der Waals surface area contributed by atoms with E-state index in [1.54, 1.807) is 10.6 Å². The molecule has 0 N–H and O–H groups in total. The summed E-state index contributed by atoms with van der Waals surface area (Å²) in [5.74, 6) is 0.527. The summed E-state index contributed by atoms with van der Waals surface area (Å²) in [5.41, 5.74) is 1.48. The van der Waals surface area contributed by atoms with Crippen LogP contribution in [-0.4, -0.2) is 20.7 Å². The van der Waals surface area contributed by atoms with Gasteiger partial charge < -0.3 is 0 Å². The molecule has 0 aliphatic rings. The van der Waals surface area contributed by atoms with E-state index in [0.29, 0.717) is 16.1 Å². The van der Waals surface area contributed by atoms with Gasteiger partial charge in [0.25, 0.3) is 0 Å². The van der Waals surface area contributed by atoms with E-state index >= 15 is 0 Å². The maximum Gasteiger partial charge on any atom is 0.235 e. The Hall–Kier alpha value is -1.23. The van der Waals surface area contributed by atoms with E-state index in [4.69, 9.17) is 0 Å². The van der Waals surface area contributed by atoms with Gasteiger partial charge in [0, 0.05) is 12.4 Å². The van der Waals surface area contributed by atoms with Gasteiger partial charge >= 0.3 is 0 Å². The molecule has 0 spiro atoms. The lowest BCUT2D eigenvalue weighted by Crippen LogP contribution is -1.93. The Morgan fingerprint density at radius 3 is 3.08 bits per heavy atom. The molecule has 0 aromatic carbocycles. The molecule has 2 heterocycles. The minimum Gasteiger partial charge on any atom is -0.296 e. The van der Waals surface area contributed by atoms with E-state index < -0.39 is 0 Å². The second kappa shape index (κ2) is 2.92. The van der Waals surface area contributed by atoms with E-state index in [0.717, 1.165) is 11.8 Å². The molecule has 0 saturated heterocycles. The van der Waals surface area contributed by atoms with Crippen LogP contribution >= 0.6 is 15.9 Å². The highest BCUT2D eigenvalue weighted by molar-refractivity contribution is 9.10. The minimum absolute atomic E-state index is 0.492. The predicted molar refractivity (Wildman–Crippen MR) is 50.8 cm³/mol. The molecule has 4 nitrogen and oxygen atoms in total. The number of aromatic nitrogens is 3. The lowest BCUT2D eigenvalue weighted by Gasteiger charge is -1.95. The third-order valence-electron chi connectivity index (χ3n) is 1.71. The van der Waals surface area contributed by atoms with Gasteiger partial charge in [0.2, 0.25) is 5.78 Å². The van der Waals surface area contributed by atoms with Crippen molar-refractivity contribution in [1.29, 1.82) is 0 Å². The molecule has 2 aromatic heterocycles. The van der Waals surface area contributed by atoms with E-state index in [1.165, 1.54) is 0 Å². The Morgan fingerprint density at radius 2 is 2.38 bits per heavy atom. The van der Waals surface area contributed by atoms with Crippen LogP contribution in [0.5, 0.6) is 0 Å². The van der Waals surface area contributed by atoms with Crippen LogP contribution in [0.25, 0.3) is 5.78 Å². The SMILES string of the molecule is Cc1cnc2nc(Br)c(C=O)n2c1. The minimum atomic E-state index is 0.492. The number of aryl methyl sites for hydroxylation is 1. The molecule has 0 fully saturated rings. The van der Waals surface area contributed by atoms with Gasteiger partial charge in [0.1, 0.15) is 10.3 Å². The van der Waals surface area contributed by atoms with E-state index in [9.17, 15) is 4.79 Å². The average Bonchev–Trinajstić information content (AvgIpc) is 2.40. The van der Waals surface area contributed by atoms with Crippen molar-refractivity contribution in [3.05, 3.63) is 28.3 Å². The number of carbonyl (C=O) groups is 1. The first-order chi connectivity index (χ1) is 6.22. The molecule has 0 aliphatic heterocycles. The first-order valence-electron chi connectivity index (χ1n) is 3.68. The van der Waals surface area contributed by atoms with Crippen molar-refractivity contribution in [2.45, 2.75) is 6.92 Å². The third-order valence-corrected chi connectivity index (χ3v) is 2.30. The Morgan fingerprint density at radius 1 is 1.62 bits per heavy atom. The molecule has 0 bridgehead atoms. The van der Waals surface area contributed by atoms with Crippen LogP contribution in [0.1, 0.15) is 16.1 Å². The molecule has 2 rings (SSSR count). The summed E-state index contributed by atoms with van der Waals surface area (Å²) in [6.45, 7) is 1.91. The smallest absolute Gasteiger partial charge is 0.235 e. The van der Waals surface area contributed by atoms with Crippen LogP contribution in [0.3, 0.4) is 0 Å². The van der Waals surface area contributed by atoms with Gasteiger partial charge in [-0.1, -0.05) is 0 Å². The molecular formula is C8H6BrN3O. The fourth-order valence-electron chi connectivity index (χ4n) is 1.13. The molecule has 0 unspecified atom stereocenters. The van der Waals surface area contributed by atoms with Gasteiger partial charge in [-0.2, -0.15) is 0 Å². The Bertz CT molecular complexity index is 477. The molecule has 13 heavy (non-hydrogen) atoms. The number of rotatable bonds is 1. The standard InChI is InChI=1S/C8H6BrN3O/c1-5-2-10-8-11-7(9)6(4-13)12(8)3-5/h2-4H,1H3. The summed E-state index contributed by atoms with van der Waals surface area (Å²) in [7, 11) is 0. The lowest BCUT2D eigenvalue weighted by molar-refractivity contribution is 0.111. The van der Waals surface area contributed by atoms with Crippen molar-refractivity contribution in [2.24, 2.45) is 0 Å². The Labute approximate surface area is 82.7 Å². The molecule has 0 saturated carbocycles. The fraction of sp³-hybridized carbons (Fsp3) is 0.125. The summed E-state index contributed by atoms with van der Waals surface area (Å²) < 4.78 is 2.19. The molecule has 0 amide bonds. The number of aldehydes is 1. The van der Waals surface area contributed by atoms with Crippen molar-refractivity contribution >= 4 is 28.0 Å². The number of hydrogen-bond donors (Lipinski definition) is 0. The number of halogens is 1. The van der Waals surface area contributed by atoms with Gasteiger partial charge in [-0.15, -0.1) is 0 Å². The number of nitrogens with zero attached hydrogens (tertiary/aromatic N) is 3. The van der Waals surface area contributed by atoms with Gasteiger partial charge in [-0.3, -0.25) is 9.20 Å². The van der Waals surface area contributed by atoms with E-state index in [1.807, 2.05) is 13.1 Å². The van der Waals surface area contributed by atoms with E-state index in [2.05, 4.69) is 25.9 Å². The summed E-state index contributed by atoms with van der Waals surface area (Å²) in [5, 5.41) is 0. The highest BCUT2D eigenvalue weighted by atomic mass is 79.9. The third kappa shape index (κ3) is 1.25. The van der Waals surface area contributed by atoms with Crippen molar-refractivity contribution < 1.29 is 4.79 Å². The van der Waals surface area contributed by atoms with Crippen LogP contribution in [0, 0.1) is 6.92 Å². The predicted octanol–water partition coefficient (Wildman–Crippen LogP) is 1.61. The molecular weight excluding hydrogens is 234 g/mol. The van der Waals surface area contributed by atoms with Crippen LogP contribution in [-0.2, 0) is 0 Å². The molecule has 0 atom stereocenters. The first-order valence-corrected chi connectivity index (χ1v) is 4.47. The van der Waals surface area contributed by atoms with Crippen LogP contribution in [0.4, 0.5) is 0 Å². The van der Waals surface area contributed by atoms with Crippen molar-refractivity contribution in [2.75, 3.05) is 0 Å². The molecule has 0 aliphatic carbocycles. The van der Waals surface area contributed by atoms with Gasteiger partial charge in [0.15, 0.2) is 6.29 Å². The first kappa shape index (κ1) is 8.37. The number of hydrogen-bond acceptors (Lipinski definition) is 3. The fourth-order valence-corrected chi connectivity index (χ4v) is 1.57. The maximum atomic E-state index is 10.7. The van der Waals surface area contributed by atoms with Gasteiger partial charge in [-0.25, -0.2) is 9.97 Å². The number of carbonyl (C=O) groups excluding carboxylic acids is 1. The zero-order valence-corrected chi connectivity index (χ0v) is 8.45. The van der Waals surface area contributed by atoms with Crippen LogP contribution in [0.15, 0.2) is 17.0 Å². The van der Waals surface area contributed by atoms with E-state index in [-0.39, 0.29) is 0 Å². The van der Waals surface area contributed by atoms with Gasteiger partial charge in [-0.05, 0) is 28.4 Å². The summed E-state index contributed by atoms with van der Waals surface area (Å²) >= 11 is 3.19. The Balaban J connectivity index is 2.88. The molecule has 5 heteroatoms. The van der Waals surface area contributed by atoms with Crippen LogP contribution in [0.2, 0.25) is 0 Å². The average molecular weight is 240 g/mol. The zero-order chi connectivity index (χ0) is 9.42. The normalized spacial score (nSPS) is 10.6. The van der Waals surface area contributed by atoms with Crippen molar-refractivity contribution in [3.8, 4) is 0 Å². The topological polar surface area (TPSA) is 47.3 Å². The summed E-state index contributed by atoms with van der Waals surface area (Å²) in [4.78, 5) is 18.8. The second-order valence-electron chi connectivity index (χ2n) is 2.71. The van der Waals surface area contributed by atoms with Crippen molar-refractivity contribution in [3.63, 3.8) is 0 Å². The zero-order valence-electron chi connectivity index (χ0n) is 6.86. The highest BCUT2D eigenvalue weighted by Gasteiger charge is 2.08. The Kier molecular flexibility index (Phi) is 1.88. The summed E-state index contributed by atoms with van der Waals surface area (Å²) in [6.07, 6.45) is 4.29. The van der Waals surface area contributed by atoms with Gasteiger partial charge in [0.05, 0.1) is 0 Å². The quantitative estimate of drug-likeness (QED) is 0.711. The summed E-state index contributed by atoms with van der Waals surface area (Å²) in [6, 6.07) is 0. The lowest BCUT2D eigenvalue weighted by atomic mass is 10.4. The molecule has 2 aromatic rings. The highest BCUT2D eigenvalue weighted by Crippen LogP contribution is 2.15. The molecule has 66 valence electrons. The van der Waals surface area contributed by atoms with Crippen molar-refractivity contribution in [1.82, 2.24) is 14.4 Å². The monoisotopic (exact) mass is 239 g/mol. The molecule has 0 radical (unpaired) electrons. The number of fused-ring (bicyclic) bond motifs is 1. The number of imidazole rings is 1. The van der Waals surface area contributed by atoms with Crippen LogP contribution < -0.4 is 0 Å². The second-order valence-corrected chi connectivity index (χ2v) is 3.46. The maximum absolute atomic E-state index is 10.7.